The summed E-state index contributed by atoms with van der Waals surface area (Å²) in [6.07, 6.45) is 19.2. The van der Waals surface area contributed by atoms with Gasteiger partial charge in [-0.2, -0.15) is 0 Å². The van der Waals surface area contributed by atoms with Gasteiger partial charge in [0.1, 0.15) is 0 Å². The van der Waals surface area contributed by atoms with Crippen LogP contribution in [0.15, 0.2) is 47.1 Å². The van der Waals surface area contributed by atoms with Gasteiger partial charge in [0.15, 0.2) is 0 Å². The average molecular weight is 433 g/mol. The normalized spacial score (nSPS) is 28.3. The fourth-order valence-electron chi connectivity index (χ4n) is 5.17. The first-order valence-corrected chi connectivity index (χ1v) is 12.5. The number of aliphatic hydroxyl groups is 3. The van der Waals surface area contributed by atoms with Crippen LogP contribution in [0.25, 0.3) is 0 Å². The lowest BCUT2D eigenvalue weighted by Gasteiger charge is -2.31. The smallest absolute Gasteiger partial charge is 0.0787 e. The topological polar surface area (TPSA) is 60.7 Å². The van der Waals surface area contributed by atoms with Crippen molar-refractivity contribution >= 4 is 0 Å². The highest BCUT2D eigenvalue weighted by atomic mass is 16.3. The van der Waals surface area contributed by atoms with Crippen LogP contribution in [0, 0.1) is 11.8 Å². The second-order valence-corrected chi connectivity index (χ2v) is 9.51. The summed E-state index contributed by atoms with van der Waals surface area (Å²) in [5.74, 6) is 1.44. The average Bonchev–Trinajstić information content (AvgIpc) is 3.18. The van der Waals surface area contributed by atoms with Gasteiger partial charge in [-0.3, -0.25) is 0 Å². The Morgan fingerprint density at radius 2 is 1.71 bits per heavy atom. The van der Waals surface area contributed by atoms with Crippen LogP contribution in [0.1, 0.15) is 98.3 Å². The molecule has 3 nitrogen and oxygen atoms in total. The highest BCUT2D eigenvalue weighted by Gasteiger charge is 2.34. The molecule has 3 aliphatic rings. The molecular weight excluding hydrogens is 384 g/mol. The van der Waals surface area contributed by atoms with E-state index in [2.05, 4.69) is 24.8 Å². The molecule has 0 amide bonds. The number of hydrogen-bond donors (Lipinski definition) is 3. The van der Waals surface area contributed by atoms with Gasteiger partial charge in [0.05, 0.1) is 11.7 Å². The highest BCUT2D eigenvalue weighted by Crippen LogP contribution is 2.47. The third-order valence-electron chi connectivity index (χ3n) is 6.79. The van der Waals surface area contributed by atoms with Gasteiger partial charge >= 0.3 is 0 Å². The summed E-state index contributed by atoms with van der Waals surface area (Å²) in [4.78, 5) is 0. The van der Waals surface area contributed by atoms with Crippen LogP contribution in [0.3, 0.4) is 0 Å². The largest absolute Gasteiger partial charge is 0.400 e. The van der Waals surface area contributed by atoms with E-state index in [4.69, 9.17) is 5.11 Å². The minimum atomic E-state index is -0.530. The third kappa shape index (κ3) is 8.71. The molecule has 0 saturated heterocycles. The first-order valence-electron chi connectivity index (χ1n) is 12.5. The first-order chi connectivity index (χ1) is 14.8. The SMILES string of the molecule is C=C1/C(=C\C=C2/CCC[C@@H]3C(CCCCC(C)(C)O)=CCC23)CCC[C@@H]1O.CC.CO. The van der Waals surface area contributed by atoms with Crippen LogP contribution in [0.2, 0.25) is 0 Å². The van der Waals surface area contributed by atoms with Crippen molar-refractivity contribution < 1.29 is 15.3 Å². The zero-order valence-corrected chi connectivity index (χ0v) is 20.8. The molecule has 0 aromatic carbocycles. The monoisotopic (exact) mass is 432 g/mol. The summed E-state index contributed by atoms with van der Waals surface area (Å²) in [5, 5.41) is 26.9. The van der Waals surface area contributed by atoms with Crippen LogP contribution in [0.4, 0.5) is 0 Å². The molecule has 178 valence electrons. The van der Waals surface area contributed by atoms with Crippen molar-refractivity contribution in [2.45, 2.75) is 110 Å². The molecule has 3 N–H and O–H groups in total. The third-order valence-corrected chi connectivity index (χ3v) is 6.79. The molecule has 0 spiro atoms. The standard InChI is InChI=1S/C25H38O2.C2H6.CH4O/c1-18-19(9-7-12-24(18)26)13-14-21-10-6-11-22-20(15-16-23(21)22)8-4-5-17-25(2,3)27;2*1-2/h13-15,22-24,26-27H,1,4-12,16-17H2,2-3H3;1-2H3;2H,1H3/b19-13-,21-14+;;/t22-,23?,24+;;/m1../s1. The molecule has 0 aliphatic heterocycles. The van der Waals surface area contributed by atoms with Crippen LogP contribution in [-0.2, 0) is 0 Å². The Bertz CT molecular complexity index is 633. The molecule has 0 aromatic rings. The van der Waals surface area contributed by atoms with Crippen molar-refractivity contribution in [3.63, 3.8) is 0 Å². The molecule has 3 rings (SSSR count). The zero-order chi connectivity index (χ0) is 23.4. The zero-order valence-electron chi connectivity index (χ0n) is 20.8. The Labute approximate surface area is 191 Å². The maximum atomic E-state index is 10.0. The fourth-order valence-corrected chi connectivity index (χ4v) is 5.17. The van der Waals surface area contributed by atoms with E-state index < -0.39 is 5.60 Å². The number of aliphatic hydroxyl groups excluding tert-OH is 2. The Hall–Kier alpha value is -1.16. The first kappa shape index (κ1) is 27.9. The molecule has 1 unspecified atom stereocenters. The van der Waals surface area contributed by atoms with E-state index in [1.165, 1.54) is 44.1 Å². The molecule has 0 aromatic heterocycles. The second kappa shape index (κ2) is 14.1. The molecule has 0 bridgehead atoms. The van der Waals surface area contributed by atoms with Gasteiger partial charge < -0.3 is 15.3 Å². The summed E-state index contributed by atoms with van der Waals surface area (Å²) < 4.78 is 0. The van der Waals surface area contributed by atoms with Crippen molar-refractivity contribution in [3.8, 4) is 0 Å². The van der Waals surface area contributed by atoms with E-state index in [1.54, 1.807) is 11.1 Å². The molecule has 3 heteroatoms. The molecule has 2 saturated carbocycles. The van der Waals surface area contributed by atoms with Gasteiger partial charge in [-0.15, -0.1) is 0 Å². The molecule has 0 heterocycles. The lowest BCUT2D eigenvalue weighted by Crippen LogP contribution is -2.20. The predicted octanol–water partition coefficient (Wildman–Crippen LogP) is 6.65. The maximum absolute atomic E-state index is 10.0. The van der Waals surface area contributed by atoms with Crippen LogP contribution in [0.5, 0.6) is 0 Å². The maximum Gasteiger partial charge on any atom is 0.0787 e. The quantitative estimate of drug-likeness (QED) is 0.325. The van der Waals surface area contributed by atoms with Crippen molar-refractivity contribution in [3.05, 3.63) is 47.1 Å². The van der Waals surface area contributed by atoms with Gasteiger partial charge in [-0.1, -0.05) is 56.2 Å². The van der Waals surface area contributed by atoms with E-state index in [-0.39, 0.29) is 6.10 Å². The van der Waals surface area contributed by atoms with E-state index in [0.717, 1.165) is 50.7 Å². The summed E-state index contributed by atoms with van der Waals surface area (Å²) in [7, 11) is 1.00. The Balaban J connectivity index is 0.00000113. The minimum absolute atomic E-state index is 0.342. The molecule has 31 heavy (non-hydrogen) atoms. The van der Waals surface area contributed by atoms with E-state index in [1.807, 2.05) is 27.7 Å². The van der Waals surface area contributed by atoms with Crippen LogP contribution >= 0.6 is 0 Å². The van der Waals surface area contributed by atoms with Crippen molar-refractivity contribution in [1.29, 1.82) is 0 Å². The number of fused-ring (bicyclic) bond motifs is 1. The van der Waals surface area contributed by atoms with Gasteiger partial charge in [-0.05, 0) is 101 Å². The lowest BCUT2D eigenvalue weighted by atomic mass is 9.74. The van der Waals surface area contributed by atoms with Gasteiger partial charge in [0.25, 0.3) is 0 Å². The predicted molar refractivity (Wildman–Crippen MR) is 133 cm³/mol. The minimum Gasteiger partial charge on any atom is -0.400 e. The highest BCUT2D eigenvalue weighted by molar-refractivity contribution is 5.38. The summed E-state index contributed by atoms with van der Waals surface area (Å²) in [6.45, 7) is 11.9. The second-order valence-electron chi connectivity index (χ2n) is 9.51. The van der Waals surface area contributed by atoms with Gasteiger partial charge in [0, 0.05) is 7.11 Å². The van der Waals surface area contributed by atoms with E-state index >= 15 is 0 Å². The van der Waals surface area contributed by atoms with Gasteiger partial charge in [0.2, 0.25) is 0 Å². The van der Waals surface area contributed by atoms with E-state index in [0.29, 0.717) is 5.92 Å². The molecule has 3 atom stereocenters. The fraction of sp³-hybridized carbons (Fsp3) is 0.714. The number of unbranched alkanes of at least 4 members (excludes halogenated alkanes) is 1. The molecule has 2 fully saturated rings. The summed E-state index contributed by atoms with van der Waals surface area (Å²) in [5.41, 5.74) is 4.93. The van der Waals surface area contributed by atoms with Crippen molar-refractivity contribution in [1.82, 2.24) is 0 Å². The van der Waals surface area contributed by atoms with Crippen molar-refractivity contribution in [2.24, 2.45) is 11.8 Å². The van der Waals surface area contributed by atoms with Crippen LogP contribution in [-0.4, -0.2) is 34.1 Å². The number of rotatable bonds is 6. The molecule has 3 aliphatic carbocycles. The number of hydrogen-bond acceptors (Lipinski definition) is 3. The Kier molecular flexibility index (Phi) is 12.7. The number of allylic oxidation sites excluding steroid dienone is 5. The summed E-state index contributed by atoms with van der Waals surface area (Å²) in [6, 6.07) is 0. The molecule has 0 radical (unpaired) electrons. The Morgan fingerprint density at radius 1 is 1.03 bits per heavy atom. The van der Waals surface area contributed by atoms with Gasteiger partial charge in [-0.25, -0.2) is 0 Å². The summed E-state index contributed by atoms with van der Waals surface area (Å²) >= 11 is 0. The molecular formula is C28H48O3. The van der Waals surface area contributed by atoms with Crippen molar-refractivity contribution in [2.75, 3.05) is 7.11 Å². The lowest BCUT2D eigenvalue weighted by molar-refractivity contribution is 0.0682. The van der Waals surface area contributed by atoms with E-state index in [9.17, 15) is 10.2 Å². The van der Waals surface area contributed by atoms with Crippen LogP contribution < -0.4 is 0 Å². The Morgan fingerprint density at radius 3 is 2.39 bits per heavy atom.